The van der Waals surface area contributed by atoms with Crippen LogP contribution >= 0.6 is 0 Å². The number of rotatable bonds is 9. The van der Waals surface area contributed by atoms with Crippen molar-refractivity contribution in [3.05, 3.63) is 0 Å². The number of nitrogens with one attached hydrogen (secondary N) is 1. The summed E-state index contributed by atoms with van der Waals surface area (Å²) in [5, 5.41) is 2.92. The quantitative estimate of drug-likeness (QED) is 0.615. The van der Waals surface area contributed by atoms with Gasteiger partial charge in [0.15, 0.2) is 0 Å². The Kier molecular flexibility index (Phi) is 9.24. The Morgan fingerprint density at radius 3 is 2.56 bits per heavy atom. The van der Waals surface area contributed by atoms with Crippen molar-refractivity contribution in [3.8, 4) is 0 Å². The van der Waals surface area contributed by atoms with Gasteiger partial charge in [0.05, 0.1) is 0 Å². The second-order valence-electron chi connectivity index (χ2n) is 4.54. The SMILES string of the molecule is CCC(CCN)CCC(=O)NCCN(C)C. The van der Waals surface area contributed by atoms with E-state index in [0.717, 1.165) is 38.9 Å². The molecule has 3 N–H and O–H groups in total. The van der Waals surface area contributed by atoms with E-state index in [1.165, 1.54) is 0 Å². The predicted octanol–water partition coefficient (Wildman–Crippen LogP) is 0.819. The van der Waals surface area contributed by atoms with Crippen LogP contribution < -0.4 is 11.1 Å². The molecule has 0 spiro atoms. The zero-order valence-corrected chi connectivity index (χ0v) is 11.0. The van der Waals surface area contributed by atoms with E-state index in [1.54, 1.807) is 0 Å². The number of amides is 1. The predicted molar refractivity (Wildman–Crippen MR) is 68.3 cm³/mol. The lowest BCUT2D eigenvalue weighted by molar-refractivity contribution is -0.121. The molecule has 16 heavy (non-hydrogen) atoms. The molecule has 0 aliphatic heterocycles. The third kappa shape index (κ3) is 8.68. The van der Waals surface area contributed by atoms with Gasteiger partial charge in [-0.25, -0.2) is 0 Å². The molecule has 4 nitrogen and oxygen atoms in total. The van der Waals surface area contributed by atoms with Crippen molar-refractivity contribution in [2.45, 2.75) is 32.6 Å². The highest BCUT2D eigenvalue weighted by molar-refractivity contribution is 5.75. The van der Waals surface area contributed by atoms with Gasteiger partial charge in [0.25, 0.3) is 0 Å². The molecule has 0 fully saturated rings. The summed E-state index contributed by atoms with van der Waals surface area (Å²) in [5.74, 6) is 0.766. The number of nitrogens with zero attached hydrogens (tertiary/aromatic N) is 1. The highest BCUT2D eigenvalue weighted by atomic mass is 16.1. The molecule has 0 aliphatic carbocycles. The smallest absolute Gasteiger partial charge is 0.220 e. The molecular weight excluding hydrogens is 202 g/mol. The van der Waals surface area contributed by atoms with Crippen molar-refractivity contribution in [2.75, 3.05) is 33.7 Å². The fraction of sp³-hybridized carbons (Fsp3) is 0.917. The van der Waals surface area contributed by atoms with Gasteiger partial charge in [-0.15, -0.1) is 0 Å². The Labute approximate surface area is 99.6 Å². The molecule has 0 bridgehead atoms. The maximum atomic E-state index is 11.5. The van der Waals surface area contributed by atoms with Gasteiger partial charge in [-0.05, 0) is 39.4 Å². The van der Waals surface area contributed by atoms with Crippen LogP contribution in [0.4, 0.5) is 0 Å². The first kappa shape index (κ1) is 15.4. The molecule has 1 unspecified atom stereocenters. The molecule has 1 amide bonds. The lowest BCUT2D eigenvalue weighted by Gasteiger charge is -2.14. The molecule has 1 atom stereocenters. The monoisotopic (exact) mass is 229 g/mol. The van der Waals surface area contributed by atoms with Gasteiger partial charge in [0.2, 0.25) is 5.91 Å². The maximum Gasteiger partial charge on any atom is 0.220 e. The van der Waals surface area contributed by atoms with E-state index in [1.807, 2.05) is 14.1 Å². The minimum Gasteiger partial charge on any atom is -0.355 e. The van der Waals surface area contributed by atoms with Gasteiger partial charge < -0.3 is 16.0 Å². The van der Waals surface area contributed by atoms with Crippen molar-refractivity contribution in [1.29, 1.82) is 0 Å². The molecular formula is C12H27N3O. The molecule has 0 aromatic heterocycles. The average Bonchev–Trinajstić information content (AvgIpc) is 2.23. The number of nitrogens with two attached hydrogens (primary N) is 1. The molecule has 0 aliphatic rings. The first-order valence-corrected chi connectivity index (χ1v) is 6.21. The minimum absolute atomic E-state index is 0.164. The van der Waals surface area contributed by atoms with Gasteiger partial charge in [-0.3, -0.25) is 4.79 Å². The Hall–Kier alpha value is -0.610. The first-order chi connectivity index (χ1) is 7.60. The van der Waals surface area contributed by atoms with Crippen LogP contribution in [0.1, 0.15) is 32.6 Å². The lowest BCUT2D eigenvalue weighted by atomic mass is 9.96. The topological polar surface area (TPSA) is 58.4 Å². The number of hydrogen-bond donors (Lipinski definition) is 2. The largest absolute Gasteiger partial charge is 0.355 e. The van der Waals surface area contributed by atoms with E-state index < -0.39 is 0 Å². The van der Waals surface area contributed by atoms with Crippen LogP contribution in [0.15, 0.2) is 0 Å². The van der Waals surface area contributed by atoms with E-state index in [2.05, 4.69) is 17.1 Å². The average molecular weight is 229 g/mol. The summed E-state index contributed by atoms with van der Waals surface area (Å²) in [4.78, 5) is 13.5. The summed E-state index contributed by atoms with van der Waals surface area (Å²) in [6.45, 7) is 4.51. The summed E-state index contributed by atoms with van der Waals surface area (Å²) < 4.78 is 0. The summed E-state index contributed by atoms with van der Waals surface area (Å²) in [7, 11) is 4.00. The van der Waals surface area contributed by atoms with Crippen LogP contribution in [-0.2, 0) is 4.79 Å². The number of hydrogen-bond acceptors (Lipinski definition) is 3. The van der Waals surface area contributed by atoms with Gasteiger partial charge in [-0.2, -0.15) is 0 Å². The normalized spacial score (nSPS) is 12.8. The second kappa shape index (κ2) is 9.60. The Bertz CT molecular complexity index is 183. The fourth-order valence-electron chi connectivity index (χ4n) is 1.63. The van der Waals surface area contributed by atoms with Crippen molar-refractivity contribution in [3.63, 3.8) is 0 Å². The van der Waals surface area contributed by atoms with E-state index in [4.69, 9.17) is 5.73 Å². The second-order valence-corrected chi connectivity index (χ2v) is 4.54. The number of likely N-dealkylation sites (N-methyl/N-ethyl adjacent to an activating group) is 1. The molecule has 0 saturated heterocycles. The van der Waals surface area contributed by atoms with E-state index in [9.17, 15) is 4.79 Å². The Morgan fingerprint density at radius 1 is 1.38 bits per heavy atom. The van der Waals surface area contributed by atoms with Crippen LogP contribution in [0.5, 0.6) is 0 Å². The summed E-state index contributed by atoms with van der Waals surface area (Å²) in [6, 6.07) is 0. The van der Waals surface area contributed by atoms with Crippen LogP contribution in [0, 0.1) is 5.92 Å². The van der Waals surface area contributed by atoms with E-state index in [0.29, 0.717) is 12.3 Å². The fourth-order valence-corrected chi connectivity index (χ4v) is 1.63. The molecule has 0 saturated carbocycles. The zero-order chi connectivity index (χ0) is 12.4. The standard InChI is InChI=1S/C12H27N3O/c1-4-11(7-8-13)5-6-12(16)14-9-10-15(2)3/h11H,4-10,13H2,1-3H3,(H,14,16). The highest BCUT2D eigenvalue weighted by Gasteiger charge is 2.08. The van der Waals surface area contributed by atoms with Gasteiger partial charge in [0, 0.05) is 19.5 Å². The third-order valence-electron chi connectivity index (χ3n) is 2.81. The maximum absolute atomic E-state index is 11.5. The van der Waals surface area contributed by atoms with E-state index >= 15 is 0 Å². The van der Waals surface area contributed by atoms with Crippen molar-refractivity contribution in [1.82, 2.24) is 10.2 Å². The highest BCUT2D eigenvalue weighted by Crippen LogP contribution is 2.13. The molecule has 0 aromatic rings. The zero-order valence-electron chi connectivity index (χ0n) is 11.0. The molecule has 0 rings (SSSR count). The minimum atomic E-state index is 0.164. The van der Waals surface area contributed by atoms with Gasteiger partial charge >= 0.3 is 0 Å². The van der Waals surface area contributed by atoms with Gasteiger partial charge in [-0.1, -0.05) is 13.3 Å². The van der Waals surface area contributed by atoms with Gasteiger partial charge in [0.1, 0.15) is 0 Å². The van der Waals surface area contributed by atoms with Crippen molar-refractivity contribution >= 4 is 5.91 Å². The molecule has 96 valence electrons. The molecule has 0 aromatic carbocycles. The van der Waals surface area contributed by atoms with Crippen LogP contribution in [0.3, 0.4) is 0 Å². The summed E-state index contributed by atoms with van der Waals surface area (Å²) in [6.07, 6.45) is 3.73. The van der Waals surface area contributed by atoms with Crippen LogP contribution in [-0.4, -0.2) is 44.5 Å². The number of carbonyl (C=O) groups is 1. The van der Waals surface area contributed by atoms with Crippen molar-refractivity contribution < 1.29 is 4.79 Å². The Balaban J connectivity index is 3.55. The molecule has 0 radical (unpaired) electrons. The molecule has 4 heteroatoms. The lowest BCUT2D eigenvalue weighted by Crippen LogP contribution is -2.31. The van der Waals surface area contributed by atoms with Crippen LogP contribution in [0.25, 0.3) is 0 Å². The Morgan fingerprint density at radius 2 is 2.06 bits per heavy atom. The summed E-state index contributed by atoms with van der Waals surface area (Å²) in [5.41, 5.74) is 5.52. The molecule has 0 heterocycles. The number of carbonyl (C=O) groups excluding carboxylic acids is 1. The van der Waals surface area contributed by atoms with Crippen molar-refractivity contribution in [2.24, 2.45) is 11.7 Å². The van der Waals surface area contributed by atoms with E-state index in [-0.39, 0.29) is 5.91 Å². The first-order valence-electron chi connectivity index (χ1n) is 6.21. The third-order valence-corrected chi connectivity index (χ3v) is 2.81. The summed E-state index contributed by atoms with van der Waals surface area (Å²) >= 11 is 0. The van der Waals surface area contributed by atoms with Crippen LogP contribution in [0.2, 0.25) is 0 Å².